The summed E-state index contributed by atoms with van der Waals surface area (Å²) in [5.74, 6) is -2.06. The molecule has 1 aromatic rings. The van der Waals surface area contributed by atoms with Crippen molar-refractivity contribution in [2.75, 3.05) is 6.54 Å². The van der Waals surface area contributed by atoms with Crippen molar-refractivity contribution in [1.29, 1.82) is 0 Å². The van der Waals surface area contributed by atoms with Gasteiger partial charge < -0.3 is 15.1 Å². The Balaban J connectivity index is 2.22. The zero-order valence-electron chi connectivity index (χ0n) is 10.5. The molecule has 21 heavy (non-hydrogen) atoms. The van der Waals surface area contributed by atoms with E-state index in [1.54, 1.807) is 0 Å². The number of nitrogens with zero attached hydrogens (tertiary/aromatic N) is 2. The number of amides is 1. The Kier molecular flexibility index (Phi) is 3.86. The molecule has 1 saturated heterocycles. The van der Waals surface area contributed by atoms with Crippen LogP contribution in [0.1, 0.15) is 22.5 Å². The van der Waals surface area contributed by atoms with E-state index in [4.69, 9.17) is 5.11 Å². The van der Waals surface area contributed by atoms with Gasteiger partial charge in [-0.25, -0.2) is 4.79 Å². The number of hydrogen-bond acceptors (Lipinski definition) is 4. The summed E-state index contributed by atoms with van der Waals surface area (Å²) in [5.41, 5.74) is -1.31. The third-order valence-electron chi connectivity index (χ3n) is 3.13. The SMILES string of the molecule is O=C(O)C1CC(O)CN1C(=O)c1ccc(C(F)(F)F)nc1. The van der Waals surface area contributed by atoms with Gasteiger partial charge in [-0.3, -0.25) is 9.78 Å². The van der Waals surface area contributed by atoms with Crippen molar-refractivity contribution in [2.24, 2.45) is 0 Å². The number of β-amino-alcohol motifs (C(OH)–C–C–N with tert-alkyl or cyclic N) is 1. The summed E-state index contributed by atoms with van der Waals surface area (Å²) in [7, 11) is 0. The van der Waals surface area contributed by atoms with Crippen LogP contribution in [0.3, 0.4) is 0 Å². The van der Waals surface area contributed by atoms with Gasteiger partial charge in [0, 0.05) is 19.2 Å². The highest BCUT2D eigenvalue weighted by Crippen LogP contribution is 2.28. The van der Waals surface area contributed by atoms with Crippen LogP contribution in [0.5, 0.6) is 0 Å². The number of likely N-dealkylation sites (tertiary alicyclic amines) is 1. The van der Waals surface area contributed by atoms with Crippen molar-refractivity contribution in [3.63, 3.8) is 0 Å². The maximum atomic E-state index is 12.4. The van der Waals surface area contributed by atoms with Gasteiger partial charge in [0.05, 0.1) is 11.7 Å². The summed E-state index contributed by atoms with van der Waals surface area (Å²) >= 11 is 0. The highest BCUT2D eigenvalue weighted by Gasteiger charge is 2.39. The van der Waals surface area contributed by atoms with Crippen molar-refractivity contribution in [2.45, 2.75) is 24.7 Å². The zero-order valence-corrected chi connectivity index (χ0v) is 10.5. The number of aromatic nitrogens is 1. The molecule has 0 spiro atoms. The van der Waals surface area contributed by atoms with E-state index in [1.807, 2.05) is 0 Å². The molecular weight excluding hydrogens is 293 g/mol. The van der Waals surface area contributed by atoms with E-state index < -0.39 is 35.9 Å². The van der Waals surface area contributed by atoms with Crippen LogP contribution in [0.15, 0.2) is 18.3 Å². The number of aliphatic hydroxyl groups excluding tert-OH is 1. The van der Waals surface area contributed by atoms with Crippen LogP contribution in [0, 0.1) is 0 Å². The molecule has 2 N–H and O–H groups in total. The van der Waals surface area contributed by atoms with Gasteiger partial charge in [0.1, 0.15) is 11.7 Å². The number of carbonyl (C=O) groups excluding carboxylic acids is 1. The quantitative estimate of drug-likeness (QED) is 0.842. The molecule has 1 aliphatic rings. The Morgan fingerprint density at radius 2 is 2.00 bits per heavy atom. The fourth-order valence-corrected chi connectivity index (χ4v) is 2.13. The molecule has 0 bridgehead atoms. The van der Waals surface area contributed by atoms with Gasteiger partial charge in [-0.2, -0.15) is 13.2 Å². The molecule has 0 aliphatic carbocycles. The number of halogens is 3. The minimum atomic E-state index is -4.62. The van der Waals surface area contributed by atoms with E-state index in [2.05, 4.69) is 4.98 Å². The Morgan fingerprint density at radius 3 is 2.48 bits per heavy atom. The van der Waals surface area contributed by atoms with Crippen LogP contribution in [0.2, 0.25) is 0 Å². The molecule has 1 fully saturated rings. The summed E-state index contributed by atoms with van der Waals surface area (Å²) in [6, 6.07) is 0.381. The molecule has 0 aromatic carbocycles. The lowest BCUT2D eigenvalue weighted by Crippen LogP contribution is -2.40. The Morgan fingerprint density at radius 1 is 1.33 bits per heavy atom. The number of carboxylic acids is 1. The predicted molar refractivity (Wildman–Crippen MR) is 62.3 cm³/mol. The molecule has 2 unspecified atom stereocenters. The van der Waals surface area contributed by atoms with Gasteiger partial charge >= 0.3 is 12.1 Å². The maximum Gasteiger partial charge on any atom is 0.433 e. The lowest BCUT2D eigenvalue weighted by molar-refractivity contribution is -0.142. The Hall–Kier alpha value is -2.16. The van der Waals surface area contributed by atoms with Gasteiger partial charge in [-0.05, 0) is 12.1 Å². The highest BCUT2D eigenvalue weighted by atomic mass is 19.4. The van der Waals surface area contributed by atoms with Crippen molar-refractivity contribution < 1.29 is 33.0 Å². The van der Waals surface area contributed by atoms with E-state index in [-0.39, 0.29) is 18.5 Å². The number of aliphatic carboxylic acids is 1. The van der Waals surface area contributed by atoms with Gasteiger partial charge in [0.25, 0.3) is 5.91 Å². The first-order chi connectivity index (χ1) is 9.70. The minimum Gasteiger partial charge on any atom is -0.480 e. The van der Waals surface area contributed by atoms with Crippen molar-refractivity contribution in [3.8, 4) is 0 Å². The largest absolute Gasteiger partial charge is 0.480 e. The van der Waals surface area contributed by atoms with Crippen LogP contribution in [0.4, 0.5) is 13.2 Å². The lowest BCUT2D eigenvalue weighted by Gasteiger charge is -2.21. The first kappa shape index (κ1) is 15.2. The highest BCUT2D eigenvalue weighted by molar-refractivity contribution is 5.96. The molecule has 2 rings (SSSR count). The van der Waals surface area contributed by atoms with Crippen LogP contribution in [0.25, 0.3) is 0 Å². The minimum absolute atomic E-state index is 0.116. The van der Waals surface area contributed by atoms with Gasteiger partial charge in [0.15, 0.2) is 0 Å². The van der Waals surface area contributed by atoms with Gasteiger partial charge in [-0.15, -0.1) is 0 Å². The number of rotatable bonds is 2. The van der Waals surface area contributed by atoms with E-state index in [0.29, 0.717) is 6.07 Å². The van der Waals surface area contributed by atoms with Crippen LogP contribution < -0.4 is 0 Å². The number of pyridine rings is 1. The molecule has 6 nitrogen and oxygen atoms in total. The molecule has 1 aromatic heterocycles. The molecule has 114 valence electrons. The average molecular weight is 304 g/mol. The average Bonchev–Trinajstić information content (AvgIpc) is 2.79. The van der Waals surface area contributed by atoms with Gasteiger partial charge in [-0.1, -0.05) is 0 Å². The fourth-order valence-electron chi connectivity index (χ4n) is 2.13. The molecule has 0 radical (unpaired) electrons. The second-order valence-electron chi connectivity index (χ2n) is 4.63. The lowest BCUT2D eigenvalue weighted by atomic mass is 10.2. The summed E-state index contributed by atoms with van der Waals surface area (Å²) < 4.78 is 37.1. The number of alkyl halides is 3. The third-order valence-corrected chi connectivity index (χ3v) is 3.13. The zero-order chi connectivity index (χ0) is 15.8. The first-order valence-corrected chi connectivity index (χ1v) is 5.95. The standard InChI is InChI=1S/C12H11F3N2O4/c13-12(14,15)9-2-1-6(4-16-9)10(19)17-5-7(18)3-8(17)11(20)21/h1-2,4,7-8,18H,3,5H2,(H,20,21). The number of aliphatic hydroxyl groups is 1. The fraction of sp³-hybridized carbons (Fsp3) is 0.417. The van der Waals surface area contributed by atoms with Crippen LogP contribution in [-0.2, 0) is 11.0 Å². The normalized spacial score (nSPS) is 22.4. The topological polar surface area (TPSA) is 90.7 Å². The molecule has 2 atom stereocenters. The molecular formula is C12H11F3N2O4. The van der Waals surface area contributed by atoms with Crippen LogP contribution in [-0.4, -0.2) is 50.7 Å². The Labute approximate surface area is 116 Å². The third kappa shape index (κ3) is 3.13. The maximum absolute atomic E-state index is 12.4. The van der Waals surface area contributed by atoms with Crippen LogP contribution >= 0.6 is 0 Å². The molecule has 1 aliphatic heterocycles. The number of hydrogen-bond donors (Lipinski definition) is 2. The van der Waals surface area contributed by atoms with Crippen molar-refractivity contribution in [1.82, 2.24) is 9.88 Å². The summed E-state index contributed by atoms with van der Waals surface area (Å²) in [6.07, 6.45) is -4.96. The first-order valence-electron chi connectivity index (χ1n) is 5.95. The van der Waals surface area contributed by atoms with E-state index in [0.717, 1.165) is 17.2 Å². The number of carbonyl (C=O) groups is 2. The van der Waals surface area contributed by atoms with Crippen molar-refractivity contribution in [3.05, 3.63) is 29.6 Å². The predicted octanol–water partition coefficient (Wildman–Crippen LogP) is 0.760. The van der Waals surface area contributed by atoms with E-state index >= 15 is 0 Å². The summed E-state index contributed by atoms with van der Waals surface area (Å²) in [6.45, 7) is -0.184. The van der Waals surface area contributed by atoms with E-state index in [1.165, 1.54) is 0 Å². The molecule has 1 amide bonds. The number of carboxylic acid groups (broad SMARTS) is 1. The second-order valence-corrected chi connectivity index (χ2v) is 4.63. The summed E-state index contributed by atoms with van der Waals surface area (Å²) in [4.78, 5) is 27.2. The molecule has 2 heterocycles. The summed E-state index contributed by atoms with van der Waals surface area (Å²) in [5, 5.41) is 18.4. The molecule has 9 heteroatoms. The molecule has 0 saturated carbocycles. The Bertz CT molecular complexity index is 559. The second kappa shape index (κ2) is 5.32. The van der Waals surface area contributed by atoms with Gasteiger partial charge in [0.2, 0.25) is 0 Å². The monoisotopic (exact) mass is 304 g/mol. The smallest absolute Gasteiger partial charge is 0.433 e. The van der Waals surface area contributed by atoms with Crippen molar-refractivity contribution >= 4 is 11.9 Å². The van der Waals surface area contributed by atoms with E-state index in [9.17, 15) is 27.9 Å².